The minimum atomic E-state index is -0.571. The Balaban J connectivity index is 2.41. The maximum atomic E-state index is 10.7. The van der Waals surface area contributed by atoms with Crippen molar-refractivity contribution in [3.8, 4) is 0 Å². The standard InChI is InChI=1S/C23H38O5/c1-17(2)10-9-11-19(25)13-14-21-20(22(26)16-23(21)27)12-7-5-4-6-8-15-28-18(3)24/h5,7,10,13-14,19-23,25-27H,4,6,8-9,11-12,15-16H2,1-3H3/b7-5-,14-13+/t19-,20-,21-,22+,23-/m1/s1. The summed E-state index contributed by atoms with van der Waals surface area (Å²) in [6.07, 6.45) is 13.5. The fourth-order valence-corrected chi connectivity index (χ4v) is 3.55. The van der Waals surface area contributed by atoms with E-state index in [9.17, 15) is 20.1 Å². The maximum Gasteiger partial charge on any atom is 0.302 e. The third kappa shape index (κ3) is 10.2. The van der Waals surface area contributed by atoms with Crippen molar-refractivity contribution in [1.29, 1.82) is 0 Å². The molecule has 0 saturated heterocycles. The molecule has 5 atom stereocenters. The van der Waals surface area contributed by atoms with Gasteiger partial charge in [-0.25, -0.2) is 0 Å². The average molecular weight is 395 g/mol. The first-order valence-corrected chi connectivity index (χ1v) is 10.5. The average Bonchev–Trinajstić information content (AvgIpc) is 2.87. The number of hydrogen-bond acceptors (Lipinski definition) is 5. The molecule has 1 aliphatic rings. The third-order valence-corrected chi connectivity index (χ3v) is 5.13. The molecule has 28 heavy (non-hydrogen) atoms. The molecule has 0 heterocycles. The molecule has 0 spiro atoms. The normalized spacial score (nSPS) is 26.1. The number of ether oxygens (including phenoxy) is 1. The lowest BCUT2D eigenvalue weighted by atomic mass is 9.89. The highest BCUT2D eigenvalue weighted by atomic mass is 16.5. The minimum absolute atomic E-state index is 0.0338. The molecule has 1 rings (SSSR count). The quantitative estimate of drug-likeness (QED) is 0.267. The number of carbonyl (C=O) groups excluding carboxylic acids is 1. The van der Waals surface area contributed by atoms with E-state index in [1.807, 2.05) is 19.9 Å². The Labute approximate surface area is 169 Å². The van der Waals surface area contributed by atoms with E-state index >= 15 is 0 Å². The van der Waals surface area contributed by atoms with Gasteiger partial charge in [-0.1, -0.05) is 36.0 Å². The lowest BCUT2D eigenvalue weighted by Crippen LogP contribution is -2.20. The number of unbranched alkanes of at least 4 members (excludes halogenated alkanes) is 2. The van der Waals surface area contributed by atoms with Gasteiger partial charge in [-0.05, 0) is 58.3 Å². The van der Waals surface area contributed by atoms with E-state index in [4.69, 9.17) is 4.74 Å². The maximum absolute atomic E-state index is 10.7. The van der Waals surface area contributed by atoms with Crippen LogP contribution in [0.4, 0.5) is 0 Å². The van der Waals surface area contributed by atoms with Gasteiger partial charge < -0.3 is 20.1 Å². The summed E-state index contributed by atoms with van der Waals surface area (Å²) in [5.41, 5.74) is 1.24. The van der Waals surface area contributed by atoms with Crippen molar-refractivity contribution in [3.05, 3.63) is 36.0 Å². The van der Waals surface area contributed by atoms with Gasteiger partial charge in [0.25, 0.3) is 0 Å². The first-order valence-electron chi connectivity index (χ1n) is 10.5. The summed E-state index contributed by atoms with van der Waals surface area (Å²) in [6.45, 7) is 5.95. The molecule has 5 nitrogen and oxygen atoms in total. The van der Waals surface area contributed by atoms with Gasteiger partial charge in [-0.15, -0.1) is 0 Å². The lowest BCUT2D eigenvalue weighted by molar-refractivity contribution is -0.141. The Morgan fingerprint density at radius 1 is 1.11 bits per heavy atom. The molecule has 0 aromatic rings. The molecule has 1 fully saturated rings. The first-order chi connectivity index (χ1) is 13.3. The number of esters is 1. The van der Waals surface area contributed by atoms with Crippen molar-refractivity contribution in [2.75, 3.05) is 6.61 Å². The van der Waals surface area contributed by atoms with Crippen LogP contribution in [0.25, 0.3) is 0 Å². The number of rotatable bonds is 12. The zero-order valence-electron chi connectivity index (χ0n) is 17.6. The van der Waals surface area contributed by atoms with E-state index in [2.05, 4.69) is 18.2 Å². The topological polar surface area (TPSA) is 87.0 Å². The first kappa shape index (κ1) is 24.6. The highest BCUT2D eigenvalue weighted by Gasteiger charge is 2.39. The number of hydrogen-bond donors (Lipinski definition) is 3. The highest BCUT2D eigenvalue weighted by molar-refractivity contribution is 5.65. The lowest BCUT2D eigenvalue weighted by Gasteiger charge is -2.19. The summed E-state index contributed by atoms with van der Waals surface area (Å²) in [4.78, 5) is 10.7. The Bertz CT molecular complexity index is 533. The molecule has 0 aliphatic heterocycles. The zero-order valence-corrected chi connectivity index (χ0v) is 17.6. The molecule has 160 valence electrons. The Morgan fingerprint density at radius 3 is 2.54 bits per heavy atom. The summed E-state index contributed by atoms with van der Waals surface area (Å²) in [5, 5.41) is 30.7. The van der Waals surface area contributed by atoms with Crippen LogP contribution < -0.4 is 0 Å². The molecule has 5 heteroatoms. The number of carbonyl (C=O) groups is 1. The van der Waals surface area contributed by atoms with Gasteiger partial charge in [0.2, 0.25) is 0 Å². The molecule has 1 saturated carbocycles. The molecule has 0 unspecified atom stereocenters. The summed E-state index contributed by atoms with van der Waals surface area (Å²) >= 11 is 0. The Hall–Kier alpha value is -1.43. The van der Waals surface area contributed by atoms with Crippen LogP contribution >= 0.6 is 0 Å². The largest absolute Gasteiger partial charge is 0.466 e. The SMILES string of the molecule is CC(=O)OCCCC/C=C\C[C@@H]1[C@@H](/C=C/[C@H](O)CCC=C(C)C)[C@H](O)C[C@@H]1O. The summed E-state index contributed by atoms with van der Waals surface area (Å²) in [7, 11) is 0. The molecule has 1 aliphatic carbocycles. The van der Waals surface area contributed by atoms with Gasteiger partial charge in [-0.3, -0.25) is 4.79 Å². The van der Waals surface area contributed by atoms with Crippen molar-refractivity contribution in [3.63, 3.8) is 0 Å². The van der Waals surface area contributed by atoms with Crippen LogP contribution in [0.5, 0.6) is 0 Å². The monoisotopic (exact) mass is 394 g/mol. The minimum Gasteiger partial charge on any atom is -0.466 e. The van der Waals surface area contributed by atoms with E-state index in [1.165, 1.54) is 12.5 Å². The van der Waals surface area contributed by atoms with Crippen LogP contribution in [0.2, 0.25) is 0 Å². The fraction of sp³-hybridized carbons (Fsp3) is 0.696. The van der Waals surface area contributed by atoms with Crippen molar-refractivity contribution in [1.82, 2.24) is 0 Å². The second-order valence-electron chi connectivity index (χ2n) is 7.97. The van der Waals surface area contributed by atoms with Crippen molar-refractivity contribution < 1.29 is 24.9 Å². The molecule has 0 bridgehead atoms. The number of aliphatic hydroxyl groups excluding tert-OH is 3. The van der Waals surface area contributed by atoms with E-state index in [0.717, 1.165) is 25.7 Å². The smallest absolute Gasteiger partial charge is 0.302 e. The molecule has 0 aromatic carbocycles. The van der Waals surface area contributed by atoms with Crippen molar-refractivity contribution >= 4 is 5.97 Å². The van der Waals surface area contributed by atoms with E-state index in [-0.39, 0.29) is 17.8 Å². The van der Waals surface area contributed by atoms with E-state index in [0.29, 0.717) is 25.9 Å². The van der Waals surface area contributed by atoms with Crippen molar-refractivity contribution in [2.24, 2.45) is 11.8 Å². The molecule has 3 N–H and O–H groups in total. The van der Waals surface area contributed by atoms with Gasteiger partial charge in [-0.2, -0.15) is 0 Å². The Kier molecular flexibility index (Phi) is 12.0. The van der Waals surface area contributed by atoms with Crippen LogP contribution in [0.3, 0.4) is 0 Å². The number of allylic oxidation sites excluding steroid dienone is 4. The summed E-state index contributed by atoms with van der Waals surface area (Å²) in [6, 6.07) is 0. The van der Waals surface area contributed by atoms with Crippen LogP contribution in [0, 0.1) is 11.8 Å². The van der Waals surface area contributed by atoms with Crippen LogP contribution in [-0.4, -0.2) is 46.2 Å². The third-order valence-electron chi connectivity index (χ3n) is 5.13. The van der Waals surface area contributed by atoms with E-state index < -0.39 is 18.3 Å². The summed E-state index contributed by atoms with van der Waals surface area (Å²) in [5.74, 6) is -0.416. The molecular formula is C23H38O5. The van der Waals surface area contributed by atoms with Gasteiger partial charge in [0.15, 0.2) is 0 Å². The molecule has 0 aromatic heterocycles. The van der Waals surface area contributed by atoms with E-state index in [1.54, 1.807) is 6.08 Å². The van der Waals surface area contributed by atoms with Crippen LogP contribution in [0.1, 0.15) is 65.7 Å². The van der Waals surface area contributed by atoms with Crippen LogP contribution in [0.15, 0.2) is 36.0 Å². The van der Waals surface area contributed by atoms with Gasteiger partial charge in [0.1, 0.15) is 0 Å². The second-order valence-corrected chi connectivity index (χ2v) is 7.97. The Morgan fingerprint density at radius 2 is 1.86 bits per heavy atom. The fourth-order valence-electron chi connectivity index (χ4n) is 3.55. The van der Waals surface area contributed by atoms with Gasteiger partial charge in [0.05, 0.1) is 24.9 Å². The molecule has 0 amide bonds. The predicted molar refractivity (Wildman–Crippen MR) is 112 cm³/mol. The zero-order chi connectivity index (χ0) is 20.9. The highest BCUT2D eigenvalue weighted by Crippen LogP contribution is 2.36. The predicted octanol–water partition coefficient (Wildman–Crippen LogP) is 3.69. The number of aliphatic hydroxyl groups is 3. The summed E-state index contributed by atoms with van der Waals surface area (Å²) < 4.78 is 4.90. The van der Waals surface area contributed by atoms with Gasteiger partial charge in [0, 0.05) is 19.3 Å². The molecular weight excluding hydrogens is 356 g/mol. The van der Waals surface area contributed by atoms with Crippen LogP contribution in [-0.2, 0) is 9.53 Å². The second kappa shape index (κ2) is 13.7. The van der Waals surface area contributed by atoms with Gasteiger partial charge >= 0.3 is 5.97 Å². The van der Waals surface area contributed by atoms with Crippen molar-refractivity contribution in [2.45, 2.75) is 84.0 Å². The molecule has 0 radical (unpaired) electrons.